The molecule has 0 atom stereocenters. The number of nitrogens with zero attached hydrogens (tertiary/aromatic N) is 1. The maximum absolute atomic E-state index is 12.4. The lowest BCUT2D eigenvalue weighted by Gasteiger charge is -2.26. The molecule has 0 saturated carbocycles. The van der Waals surface area contributed by atoms with Gasteiger partial charge in [-0.15, -0.1) is 0 Å². The molecule has 1 saturated heterocycles. The fraction of sp³-hybridized carbons (Fsp3) is 0.538. The van der Waals surface area contributed by atoms with Crippen LogP contribution in [0.2, 0.25) is 0 Å². The fourth-order valence-electron chi connectivity index (χ4n) is 2.14. The lowest BCUT2D eigenvalue weighted by molar-refractivity contribution is 0.0733. The summed E-state index contributed by atoms with van der Waals surface area (Å²) >= 11 is 0. The molecule has 1 aromatic rings. The molecule has 0 amide bonds. The van der Waals surface area contributed by atoms with Crippen molar-refractivity contribution in [2.45, 2.75) is 0 Å². The third-order valence-corrected chi connectivity index (χ3v) is 4.76. The van der Waals surface area contributed by atoms with Gasteiger partial charge in [0.15, 0.2) is 11.5 Å². The van der Waals surface area contributed by atoms with Gasteiger partial charge < -0.3 is 18.9 Å². The SMILES string of the molecule is COc1cc(NS(=O)(=O)N2CCOCC2)cc(OC)c1OC. The van der Waals surface area contributed by atoms with E-state index in [1.165, 1.54) is 25.6 Å². The van der Waals surface area contributed by atoms with E-state index >= 15 is 0 Å². The summed E-state index contributed by atoms with van der Waals surface area (Å²) < 4.78 is 49.3. The Hall–Kier alpha value is -1.71. The van der Waals surface area contributed by atoms with Crippen LogP contribution in [-0.2, 0) is 14.9 Å². The number of rotatable bonds is 6. The van der Waals surface area contributed by atoms with Crippen molar-refractivity contribution in [2.75, 3.05) is 52.4 Å². The van der Waals surface area contributed by atoms with Crippen molar-refractivity contribution >= 4 is 15.9 Å². The molecular formula is C13H20N2O6S. The Kier molecular flexibility index (Phi) is 5.33. The Labute approximate surface area is 130 Å². The van der Waals surface area contributed by atoms with Gasteiger partial charge in [0.25, 0.3) is 0 Å². The largest absolute Gasteiger partial charge is 0.493 e. The van der Waals surface area contributed by atoms with Crippen LogP contribution in [0.3, 0.4) is 0 Å². The highest BCUT2D eigenvalue weighted by Crippen LogP contribution is 2.40. The summed E-state index contributed by atoms with van der Waals surface area (Å²) in [4.78, 5) is 0. The standard InChI is InChI=1S/C13H20N2O6S/c1-18-11-8-10(9-12(19-2)13(11)20-3)14-22(16,17)15-4-6-21-7-5-15/h8-9,14H,4-7H2,1-3H3. The smallest absolute Gasteiger partial charge is 0.301 e. The van der Waals surface area contributed by atoms with Gasteiger partial charge in [-0.25, -0.2) is 0 Å². The van der Waals surface area contributed by atoms with Crippen LogP contribution in [-0.4, -0.2) is 60.4 Å². The number of morpholine rings is 1. The van der Waals surface area contributed by atoms with Gasteiger partial charge in [-0.2, -0.15) is 12.7 Å². The van der Waals surface area contributed by atoms with Crippen molar-refractivity contribution in [1.82, 2.24) is 4.31 Å². The third-order valence-electron chi connectivity index (χ3n) is 3.22. The van der Waals surface area contributed by atoms with E-state index < -0.39 is 10.2 Å². The van der Waals surface area contributed by atoms with Gasteiger partial charge in [0.1, 0.15) is 0 Å². The van der Waals surface area contributed by atoms with Crippen LogP contribution in [0.15, 0.2) is 12.1 Å². The fourth-order valence-corrected chi connectivity index (χ4v) is 3.32. The molecule has 2 rings (SSSR count). The number of hydrogen-bond acceptors (Lipinski definition) is 6. The Bertz CT molecular complexity index is 588. The normalized spacial score (nSPS) is 16.1. The molecule has 0 bridgehead atoms. The average molecular weight is 332 g/mol. The monoisotopic (exact) mass is 332 g/mol. The number of benzene rings is 1. The highest BCUT2D eigenvalue weighted by Gasteiger charge is 2.25. The predicted octanol–water partition coefficient (Wildman–Crippen LogP) is 0.701. The van der Waals surface area contributed by atoms with Gasteiger partial charge in [0.05, 0.1) is 40.2 Å². The summed E-state index contributed by atoms with van der Waals surface area (Å²) in [5.74, 6) is 1.15. The molecule has 1 N–H and O–H groups in total. The summed E-state index contributed by atoms with van der Waals surface area (Å²) in [6.45, 7) is 1.41. The molecule has 22 heavy (non-hydrogen) atoms. The van der Waals surface area contributed by atoms with E-state index in [-0.39, 0.29) is 0 Å². The lowest BCUT2D eigenvalue weighted by atomic mass is 10.2. The Balaban J connectivity index is 2.28. The van der Waals surface area contributed by atoms with E-state index in [4.69, 9.17) is 18.9 Å². The summed E-state index contributed by atoms with van der Waals surface area (Å²) in [7, 11) is 0.769. The van der Waals surface area contributed by atoms with Gasteiger partial charge in [0.2, 0.25) is 5.75 Å². The highest BCUT2D eigenvalue weighted by molar-refractivity contribution is 7.90. The van der Waals surface area contributed by atoms with Gasteiger partial charge in [-0.1, -0.05) is 0 Å². The molecule has 1 aromatic carbocycles. The van der Waals surface area contributed by atoms with Gasteiger partial charge in [-0.3, -0.25) is 4.72 Å². The lowest BCUT2D eigenvalue weighted by Crippen LogP contribution is -2.43. The van der Waals surface area contributed by atoms with Gasteiger partial charge in [-0.05, 0) is 0 Å². The minimum absolute atomic E-state index is 0.319. The number of hydrogen-bond donors (Lipinski definition) is 1. The van der Waals surface area contributed by atoms with Crippen LogP contribution in [0.1, 0.15) is 0 Å². The van der Waals surface area contributed by atoms with Crippen LogP contribution in [0.5, 0.6) is 17.2 Å². The first-order chi connectivity index (χ1) is 10.5. The van der Waals surface area contributed by atoms with Crippen molar-refractivity contribution in [1.29, 1.82) is 0 Å². The van der Waals surface area contributed by atoms with E-state index in [0.29, 0.717) is 49.2 Å². The number of nitrogens with one attached hydrogen (secondary N) is 1. The maximum atomic E-state index is 12.4. The number of anilines is 1. The van der Waals surface area contributed by atoms with Crippen LogP contribution in [0, 0.1) is 0 Å². The second kappa shape index (κ2) is 7.03. The predicted molar refractivity (Wildman–Crippen MR) is 81.0 cm³/mol. The van der Waals surface area contributed by atoms with Crippen molar-refractivity contribution in [2.24, 2.45) is 0 Å². The van der Waals surface area contributed by atoms with E-state index in [1.807, 2.05) is 0 Å². The molecule has 1 aliphatic rings. The molecule has 0 spiro atoms. The van der Waals surface area contributed by atoms with E-state index in [9.17, 15) is 8.42 Å². The zero-order chi connectivity index (χ0) is 16.2. The topological polar surface area (TPSA) is 86.3 Å². The molecule has 9 heteroatoms. The maximum Gasteiger partial charge on any atom is 0.301 e. The van der Waals surface area contributed by atoms with E-state index in [0.717, 1.165) is 0 Å². The van der Waals surface area contributed by atoms with Crippen LogP contribution in [0.4, 0.5) is 5.69 Å². The van der Waals surface area contributed by atoms with E-state index in [1.54, 1.807) is 12.1 Å². The molecule has 1 heterocycles. The number of ether oxygens (including phenoxy) is 4. The molecule has 0 unspecified atom stereocenters. The van der Waals surface area contributed by atoms with Crippen molar-refractivity contribution in [3.05, 3.63) is 12.1 Å². The zero-order valence-corrected chi connectivity index (χ0v) is 13.6. The van der Waals surface area contributed by atoms with Crippen molar-refractivity contribution in [3.8, 4) is 17.2 Å². The molecule has 0 radical (unpaired) electrons. The highest BCUT2D eigenvalue weighted by atomic mass is 32.2. The molecule has 0 aliphatic carbocycles. The summed E-state index contributed by atoms with van der Waals surface area (Å²) in [6.07, 6.45) is 0. The van der Waals surface area contributed by atoms with Crippen molar-refractivity contribution in [3.63, 3.8) is 0 Å². The molecule has 8 nitrogen and oxygen atoms in total. The summed E-state index contributed by atoms with van der Waals surface area (Å²) in [5, 5.41) is 0. The summed E-state index contributed by atoms with van der Waals surface area (Å²) in [6, 6.07) is 3.08. The Morgan fingerprint density at radius 3 is 2.05 bits per heavy atom. The second-order valence-corrected chi connectivity index (χ2v) is 6.20. The Morgan fingerprint density at radius 1 is 1.05 bits per heavy atom. The van der Waals surface area contributed by atoms with Crippen LogP contribution < -0.4 is 18.9 Å². The quantitative estimate of drug-likeness (QED) is 0.825. The zero-order valence-electron chi connectivity index (χ0n) is 12.8. The molecule has 1 fully saturated rings. The van der Waals surface area contributed by atoms with Crippen molar-refractivity contribution < 1.29 is 27.4 Å². The van der Waals surface area contributed by atoms with Gasteiger partial charge in [0, 0.05) is 25.2 Å². The van der Waals surface area contributed by atoms with E-state index in [2.05, 4.69) is 4.72 Å². The molecule has 124 valence electrons. The third kappa shape index (κ3) is 3.54. The minimum Gasteiger partial charge on any atom is -0.493 e. The average Bonchev–Trinajstić information content (AvgIpc) is 2.54. The minimum atomic E-state index is -3.65. The Morgan fingerprint density at radius 2 is 1.59 bits per heavy atom. The first kappa shape index (κ1) is 16.7. The molecule has 1 aliphatic heterocycles. The molecular weight excluding hydrogens is 312 g/mol. The summed E-state index contributed by atoms with van der Waals surface area (Å²) in [5.41, 5.74) is 0.334. The number of methoxy groups -OCH3 is 3. The first-order valence-electron chi connectivity index (χ1n) is 6.67. The first-order valence-corrected chi connectivity index (χ1v) is 8.11. The second-order valence-electron chi connectivity index (χ2n) is 4.53. The van der Waals surface area contributed by atoms with Crippen LogP contribution >= 0.6 is 0 Å². The van der Waals surface area contributed by atoms with Gasteiger partial charge >= 0.3 is 10.2 Å². The molecule has 0 aromatic heterocycles. The van der Waals surface area contributed by atoms with Crippen LogP contribution in [0.25, 0.3) is 0 Å².